The summed E-state index contributed by atoms with van der Waals surface area (Å²) in [7, 11) is 0. The molecule has 3 rings (SSSR count). The van der Waals surface area contributed by atoms with E-state index >= 15 is 0 Å². The molecule has 3 aliphatic rings. The largest absolute Gasteiger partial charge is 0.503 e. The second-order valence-corrected chi connectivity index (χ2v) is 7.90. The number of aliphatic hydroxyl groups excluding tert-OH is 1. The van der Waals surface area contributed by atoms with Gasteiger partial charge in [-0.3, -0.25) is 9.59 Å². The van der Waals surface area contributed by atoms with Crippen LogP contribution >= 0.6 is 23.2 Å². The molecular formula is C18H22Cl2N2O3. The minimum absolute atomic E-state index is 0.0883. The predicted octanol–water partition coefficient (Wildman–Crippen LogP) is 2.80. The highest BCUT2D eigenvalue weighted by Crippen LogP contribution is 2.32. The summed E-state index contributed by atoms with van der Waals surface area (Å²) in [5, 5.41) is 12.4. The molecule has 5 nitrogen and oxygen atoms in total. The molecule has 25 heavy (non-hydrogen) atoms. The Balaban J connectivity index is 1.50. The van der Waals surface area contributed by atoms with Crippen molar-refractivity contribution in [2.75, 3.05) is 6.54 Å². The fourth-order valence-electron chi connectivity index (χ4n) is 3.05. The summed E-state index contributed by atoms with van der Waals surface area (Å²) < 4.78 is 0. The van der Waals surface area contributed by atoms with Gasteiger partial charge in [-0.1, -0.05) is 23.8 Å². The number of alkyl halides is 2. The number of aliphatic hydroxyl groups is 1. The van der Waals surface area contributed by atoms with Gasteiger partial charge in [0, 0.05) is 12.1 Å². The molecule has 2 aliphatic carbocycles. The van der Waals surface area contributed by atoms with Crippen molar-refractivity contribution in [3.8, 4) is 0 Å². The minimum atomic E-state index is -0.429. The Kier molecular flexibility index (Phi) is 5.44. The second-order valence-electron chi connectivity index (χ2n) is 6.89. The highest BCUT2D eigenvalue weighted by molar-refractivity contribution is 6.31. The lowest BCUT2D eigenvalue weighted by Gasteiger charge is -2.19. The van der Waals surface area contributed by atoms with E-state index in [1.807, 2.05) is 25.2 Å². The van der Waals surface area contributed by atoms with Crippen molar-refractivity contribution in [1.29, 1.82) is 0 Å². The van der Waals surface area contributed by atoms with Crippen molar-refractivity contribution in [1.82, 2.24) is 10.2 Å². The quantitative estimate of drug-likeness (QED) is 0.691. The van der Waals surface area contributed by atoms with E-state index in [-0.39, 0.29) is 40.9 Å². The van der Waals surface area contributed by atoms with Crippen molar-refractivity contribution < 1.29 is 14.7 Å². The summed E-state index contributed by atoms with van der Waals surface area (Å²) in [6, 6.07) is 0.0892. The van der Waals surface area contributed by atoms with Gasteiger partial charge < -0.3 is 15.3 Å². The van der Waals surface area contributed by atoms with Crippen LogP contribution in [0, 0.1) is 0 Å². The highest BCUT2D eigenvalue weighted by atomic mass is 35.5. The summed E-state index contributed by atoms with van der Waals surface area (Å²) in [4.78, 5) is 25.9. The summed E-state index contributed by atoms with van der Waals surface area (Å²) in [5.74, 6) is -1.21. The van der Waals surface area contributed by atoms with E-state index in [1.54, 1.807) is 4.90 Å². The fourth-order valence-corrected chi connectivity index (χ4v) is 3.44. The van der Waals surface area contributed by atoms with Gasteiger partial charge in [-0.15, -0.1) is 23.2 Å². The van der Waals surface area contributed by atoms with Crippen LogP contribution in [-0.2, 0) is 9.59 Å². The van der Waals surface area contributed by atoms with Crippen LogP contribution < -0.4 is 5.32 Å². The third-order valence-corrected chi connectivity index (χ3v) is 5.70. The molecule has 3 unspecified atom stereocenters. The van der Waals surface area contributed by atoms with Gasteiger partial charge >= 0.3 is 0 Å². The molecule has 0 aromatic carbocycles. The Bertz CT molecular complexity index is 667. The van der Waals surface area contributed by atoms with Gasteiger partial charge in [0.2, 0.25) is 0 Å². The number of rotatable bonds is 6. The van der Waals surface area contributed by atoms with Crippen molar-refractivity contribution in [2.45, 2.75) is 55.4 Å². The Morgan fingerprint density at radius 1 is 1.40 bits per heavy atom. The minimum Gasteiger partial charge on any atom is -0.503 e. The summed E-state index contributed by atoms with van der Waals surface area (Å²) in [5.41, 5.74) is 1.27. The molecule has 2 N–H and O–H groups in total. The van der Waals surface area contributed by atoms with Gasteiger partial charge in [0.05, 0.1) is 22.9 Å². The van der Waals surface area contributed by atoms with Crippen LogP contribution in [0.4, 0.5) is 0 Å². The van der Waals surface area contributed by atoms with E-state index in [1.165, 1.54) is 0 Å². The molecule has 3 atom stereocenters. The second kappa shape index (κ2) is 7.42. The van der Waals surface area contributed by atoms with Crippen molar-refractivity contribution in [2.24, 2.45) is 0 Å². The standard InChI is InChI=1S/C18H22Cl2N2O3/c1-10(2-3-11-4-7-14(19)15(20)8-11)21-17(24)13-9-22(12-5-6-12)18(25)16(13)23/h4,7-8,10,12,14-15,23H,2-3,5-6,9H2,1H3,(H,21,24). The highest BCUT2D eigenvalue weighted by Gasteiger charge is 2.41. The zero-order valence-corrected chi connectivity index (χ0v) is 15.6. The van der Waals surface area contributed by atoms with Crippen LogP contribution in [0.2, 0.25) is 0 Å². The van der Waals surface area contributed by atoms with Gasteiger partial charge in [-0.25, -0.2) is 0 Å². The lowest BCUT2D eigenvalue weighted by molar-refractivity contribution is -0.128. The molecule has 0 aromatic rings. The van der Waals surface area contributed by atoms with Gasteiger partial charge in [-0.2, -0.15) is 0 Å². The third kappa shape index (κ3) is 4.21. The number of hydrogen-bond donors (Lipinski definition) is 2. The van der Waals surface area contributed by atoms with Crippen molar-refractivity contribution >= 4 is 35.0 Å². The number of hydrogen-bond acceptors (Lipinski definition) is 3. The van der Waals surface area contributed by atoms with Gasteiger partial charge in [0.25, 0.3) is 11.8 Å². The first-order valence-corrected chi connectivity index (χ1v) is 9.45. The molecule has 0 bridgehead atoms. The smallest absolute Gasteiger partial charge is 0.289 e. The topological polar surface area (TPSA) is 69.6 Å². The SMILES string of the molecule is CC(CCC1=CC(Cl)C(Cl)C=C1)NC(=O)C1=C(O)C(=O)N(C2CC2)C1. The van der Waals surface area contributed by atoms with Crippen LogP contribution in [0.15, 0.2) is 35.1 Å². The summed E-state index contributed by atoms with van der Waals surface area (Å²) >= 11 is 12.1. The van der Waals surface area contributed by atoms with Crippen molar-refractivity contribution in [3.05, 3.63) is 35.1 Å². The van der Waals surface area contributed by atoms with Gasteiger partial charge in [0.1, 0.15) is 0 Å². The van der Waals surface area contributed by atoms with Crippen LogP contribution in [-0.4, -0.2) is 51.2 Å². The summed E-state index contributed by atoms with van der Waals surface area (Å²) in [6.07, 6.45) is 9.15. The molecule has 1 saturated carbocycles. The number of nitrogens with zero attached hydrogens (tertiary/aromatic N) is 1. The Labute approximate surface area is 157 Å². The number of allylic oxidation sites excluding steroid dienone is 4. The number of nitrogens with one attached hydrogen (secondary N) is 1. The first-order valence-electron chi connectivity index (χ1n) is 8.57. The summed E-state index contributed by atoms with van der Waals surface area (Å²) in [6.45, 7) is 2.10. The lowest BCUT2D eigenvalue weighted by atomic mass is 10.00. The van der Waals surface area contributed by atoms with Crippen LogP contribution in [0.1, 0.15) is 32.6 Å². The van der Waals surface area contributed by atoms with Crippen LogP contribution in [0.25, 0.3) is 0 Å². The van der Waals surface area contributed by atoms with E-state index < -0.39 is 11.7 Å². The molecule has 0 aromatic heterocycles. The van der Waals surface area contributed by atoms with E-state index in [4.69, 9.17) is 23.2 Å². The normalized spacial score (nSPS) is 27.6. The fraction of sp³-hybridized carbons (Fsp3) is 0.556. The lowest BCUT2D eigenvalue weighted by Crippen LogP contribution is -2.36. The van der Waals surface area contributed by atoms with E-state index in [0.29, 0.717) is 0 Å². The maximum absolute atomic E-state index is 12.4. The van der Waals surface area contributed by atoms with E-state index in [9.17, 15) is 14.7 Å². The Morgan fingerprint density at radius 2 is 2.12 bits per heavy atom. The number of halogens is 2. The van der Waals surface area contributed by atoms with Gasteiger partial charge in [0.15, 0.2) is 5.76 Å². The monoisotopic (exact) mass is 384 g/mol. The van der Waals surface area contributed by atoms with Gasteiger partial charge in [-0.05, 0) is 32.6 Å². The molecule has 7 heteroatoms. The first-order chi connectivity index (χ1) is 11.9. The molecule has 136 valence electrons. The third-order valence-electron chi connectivity index (χ3n) is 4.75. The average Bonchev–Trinajstić information content (AvgIpc) is 3.36. The van der Waals surface area contributed by atoms with Crippen molar-refractivity contribution in [3.63, 3.8) is 0 Å². The first kappa shape index (κ1) is 18.3. The zero-order valence-electron chi connectivity index (χ0n) is 14.0. The molecule has 0 radical (unpaired) electrons. The maximum atomic E-state index is 12.4. The Morgan fingerprint density at radius 3 is 2.76 bits per heavy atom. The zero-order chi connectivity index (χ0) is 18.1. The molecule has 1 aliphatic heterocycles. The number of amides is 2. The predicted molar refractivity (Wildman–Crippen MR) is 97.7 cm³/mol. The maximum Gasteiger partial charge on any atom is 0.289 e. The molecule has 0 spiro atoms. The molecule has 1 heterocycles. The van der Waals surface area contributed by atoms with Crippen LogP contribution in [0.5, 0.6) is 0 Å². The van der Waals surface area contributed by atoms with E-state index in [0.717, 1.165) is 31.3 Å². The van der Waals surface area contributed by atoms with E-state index in [2.05, 4.69) is 5.32 Å². The number of carbonyl (C=O) groups excluding carboxylic acids is 2. The average molecular weight is 385 g/mol. The molecular weight excluding hydrogens is 363 g/mol. The molecule has 0 saturated heterocycles. The Hall–Kier alpha value is -1.46. The number of carbonyl (C=O) groups is 2. The van der Waals surface area contributed by atoms with Crippen LogP contribution in [0.3, 0.4) is 0 Å². The molecule has 1 fully saturated rings. The molecule has 2 amide bonds.